The summed E-state index contributed by atoms with van der Waals surface area (Å²) in [6, 6.07) is 3.85. The van der Waals surface area contributed by atoms with Gasteiger partial charge in [-0.3, -0.25) is 0 Å². The highest BCUT2D eigenvalue weighted by Crippen LogP contribution is 1.90. The van der Waals surface area contributed by atoms with Gasteiger partial charge in [-0.2, -0.15) is 10.2 Å². The second kappa shape index (κ2) is 5.43. The van der Waals surface area contributed by atoms with Gasteiger partial charge in [-0.1, -0.05) is 11.6 Å². The average molecular weight is 177 g/mol. The maximum absolute atomic E-state index is 3.96. The highest BCUT2D eigenvalue weighted by molar-refractivity contribution is 4.99. The molecule has 0 fully saturated rings. The maximum Gasteiger partial charge on any atom is 0.0769 e. The van der Waals surface area contributed by atoms with Crippen molar-refractivity contribution in [2.24, 2.45) is 0 Å². The van der Waals surface area contributed by atoms with Gasteiger partial charge < -0.3 is 5.32 Å². The molecule has 13 heavy (non-hydrogen) atoms. The molecule has 1 rings (SSSR count). The molecule has 0 atom stereocenters. The first-order valence-corrected chi connectivity index (χ1v) is 4.39. The maximum atomic E-state index is 3.96. The van der Waals surface area contributed by atoms with Crippen LogP contribution < -0.4 is 5.32 Å². The molecule has 3 nitrogen and oxygen atoms in total. The molecule has 0 unspecified atom stereocenters. The lowest BCUT2D eigenvalue weighted by molar-refractivity contribution is 0.722. The quantitative estimate of drug-likeness (QED) is 0.560. The summed E-state index contributed by atoms with van der Waals surface area (Å²) in [6.45, 7) is 5.84. The summed E-state index contributed by atoms with van der Waals surface area (Å²) in [5.74, 6) is 0. The normalized spacial score (nSPS) is 9.69. The van der Waals surface area contributed by atoms with E-state index in [0.29, 0.717) is 0 Å². The highest BCUT2D eigenvalue weighted by Gasteiger charge is 1.90. The Hall–Kier alpha value is -1.22. The van der Waals surface area contributed by atoms with Gasteiger partial charge in [-0.05, 0) is 26.0 Å². The molecule has 0 bridgehead atoms. The van der Waals surface area contributed by atoms with Crippen LogP contribution >= 0.6 is 0 Å². The van der Waals surface area contributed by atoms with Crippen LogP contribution in [0.5, 0.6) is 0 Å². The second-order valence-corrected chi connectivity index (χ2v) is 3.13. The standard InChI is InChI=1S/C10H15N3/c1-9(2)5-7-11-8-10-4-3-6-12-13-10/h3-6,11H,7-8H2,1-2H3. The van der Waals surface area contributed by atoms with Crippen LogP contribution in [0.4, 0.5) is 0 Å². The molecular weight excluding hydrogens is 162 g/mol. The van der Waals surface area contributed by atoms with E-state index in [1.807, 2.05) is 12.1 Å². The van der Waals surface area contributed by atoms with Crippen LogP contribution in [0.1, 0.15) is 19.5 Å². The van der Waals surface area contributed by atoms with Gasteiger partial charge in [0.05, 0.1) is 5.69 Å². The molecule has 3 heteroatoms. The van der Waals surface area contributed by atoms with Gasteiger partial charge in [0.25, 0.3) is 0 Å². The molecule has 0 aliphatic heterocycles. The summed E-state index contributed by atoms with van der Waals surface area (Å²) in [5.41, 5.74) is 2.30. The lowest BCUT2D eigenvalue weighted by atomic mass is 10.3. The van der Waals surface area contributed by atoms with E-state index in [-0.39, 0.29) is 0 Å². The van der Waals surface area contributed by atoms with Gasteiger partial charge in [0.15, 0.2) is 0 Å². The van der Waals surface area contributed by atoms with Crippen molar-refractivity contribution in [1.82, 2.24) is 15.5 Å². The minimum absolute atomic E-state index is 0.775. The van der Waals surface area contributed by atoms with Crippen molar-refractivity contribution in [2.45, 2.75) is 20.4 Å². The van der Waals surface area contributed by atoms with Crippen molar-refractivity contribution in [2.75, 3.05) is 6.54 Å². The molecule has 0 saturated heterocycles. The van der Waals surface area contributed by atoms with Crippen molar-refractivity contribution in [3.63, 3.8) is 0 Å². The Bertz CT molecular complexity index is 263. The van der Waals surface area contributed by atoms with E-state index in [1.165, 1.54) is 5.57 Å². The van der Waals surface area contributed by atoms with Crippen LogP contribution in [0, 0.1) is 0 Å². The summed E-state index contributed by atoms with van der Waals surface area (Å²) in [4.78, 5) is 0. The van der Waals surface area contributed by atoms with Crippen molar-refractivity contribution in [3.8, 4) is 0 Å². The molecular formula is C10H15N3. The molecule has 0 aromatic carbocycles. The minimum Gasteiger partial charge on any atom is -0.308 e. The number of allylic oxidation sites excluding steroid dienone is 1. The fourth-order valence-corrected chi connectivity index (χ4v) is 0.904. The van der Waals surface area contributed by atoms with E-state index in [0.717, 1.165) is 18.8 Å². The molecule has 0 aliphatic rings. The van der Waals surface area contributed by atoms with Gasteiger partial charge in [-0.25, -0.2) is 0 Å². The number of nitrogens with one attached hydrogen (secondary N) is 1. The SMILES string of the molecule is CC(C)=CCNCc1cccnn1. The topological polar surface area (TPSA) is 37.8 Å². The van der Waals surface area contributed by atoms with Gasteiger partial charge in [0.1, 0.15) is 0 Å². The highest BCUT2D eigenvalue weighted by atomic mass is 15.1. The third-order valence-electron chi connectivity index (χ3n) is 1.59. The molecule has 70 valence electrons. The zero-order chi connectivity index (χ0) is 9.52. The molecule has 0 radical (unpaired) electrons. The number of hydrogen-bond donors (Lipinski definition) is 1. The first-order chi connectivity index (χ1) is 6.29. The number of hydrogen-bond acceptors (Lipinski definition) is 3. The Morgan fingerprint density at radius 1 is 1.54 bits per heavy atom. The largest absolute Gasteiger partial charge is 0.308 e. The summed E-state index contributed by atoms with van der Waals surface area (Å²) in [7, 11) is 0. The van der Waals surface area contributed by atoms with Crippen molar-refractivity contribution in [3.05, 3.63) is 35.7 Å². The zero-order valence-corrected chi connectivity index (χ0v) is 8.12. The van der Waals surface area contributed by atoms with Gasteiger partial charge >= 0.3 is 0 Å². The number of nitrogens with zero attached hydrogens (tertiary/aromatic N) is 2. The first kappa shape index (κ1) is 9.86. The molecule has 1 heterocycles. The van der Waals surface area contributed by atoms with E-state index in [4.69, 9.17) is 0 Å². The summed E-state index contributed by atoms with van der Waals surface area (Å²) in [5, 5.41) is 11.0. The fraction of sp³-hybridized carbons (Fsp3) is 0.400. The lowest BCUT2D eigenvalue weighted by Crippen LogP contribution is -2.14. The Kier molecular flexibility index (Phi) is 4.12. The smallest absolute Gasteiger partial charge is 0.0769 e. The van der Waals surface area contributed by atoms with Crippen LogP contribution in [0.25, 0.3) is 0 Å². The number of rotatable bonds is 4. The summed E-state index contributed by atoms with van der Waals surface area (Å²) >= 11 is 0. The van der Waals surface area contributed by atoms with Gasteiger partial charge in [0, 0.05) is 19.3 Å². The monoisotopic (exact) mass is 177 g/mol. The average Bonchev–Trinajstić information content (AvgIpc) is 2.14. The third-order valence-corrected chi connectivity index (χ3v) is 1.59. The fourth-order valence-electron chi connectivity index (χ4n) is 0.904. The van der Waals surface area contributed by atoms with E-state index >= 15 is 0 Å². The van der Waals surface area contributed by atoms with Crippen LogP contribution in [0.3, 0.4) is 0 Å². The van der Waals surface area contributed by atoms with Crippen LogP contribution in [-0.2, 0) is 6.54 Å². The van der Waals surface area contributed by atoms with Gasteiger partial charge in [-0.15, -0.1) is 0 Å². The molecule has 0 saturated carbocycles. The predicted molar refractivity (Wildman–Crippen MR) is 53.2 cm³/mol. The Morgan fingerprint density at radius 3 is 3.00 bits per heavy atom. The van der Waals surface area contributed by atoms with E-state index < -0.39 is 0 Å². The number of aromatic nitrogens is 2. The van der Waals surface area contributed by atoms with Gasteiger partial charge in [0.2, 0.25) is 0 Å². The summed E-state index contributed by atoms with van der Waals surface area (Å²) < 4.78 is 0. The Labute approximate surface area is 78.9 Å². The van der Waals surface area contributed by atoms with Crippen molar-refractivity contribution >= 4 is 0 Å². The molecule has 0 aliphatic carbocycles. The first-order valence-electron chi connectivity index (χ1n) is 4.39. The van der Waals surface area contributed by atoms with E-state index in [1.54, 1.807) is 6.20 Å². The van der Waals surface area contributed by atoms with E-state index in [9.17, 15) is 0 Å². The van der Waals surface area contributed by atoms with E-state index in [2.05, 4.69) is 35.4 Å². The zero-order valence-electron chi connectivity index (χ0n) is 8.12. The second-order valence-electron chi connectivity index (χ2n) is 3.13. The Morgan fingerprint density at radius 2 is 2.38 bits per heavy atom. The van der Waals surface area contributed by atoms with Crippen LogP contribution in [0.15, 0.2) is 30.0 Å². The van der Waals surface area contributed by atoms with Crippen molar-refractivity contribution in [1.29, 1.82) is 0 Å². The van der Waals surface area contributed by atoms with Crippen LogP contribution in [-0.4, -0.2) is 16.7 Å². The lowest BCUT2D eigenvalue weighted by Gasteiger charge is -1.99. The molecule has 1 aromatic heterocycles. The Balaban J connectivity index is 2.25. The summed E-state index contributed by atoms with van der Waals surface area (Å²) in [6.07, 6.45) is 3.83. The molecule has 1 aromatic rings. The third kappa shape index (κ3) is 4.38. The molecule has 1 N–H and O–H groups in total. The minimum atomic E-state index is 0.775. The van der Waals surface area contributed by atoms with Crippen LogP contribution in [0.2, 0.25) is 0 Å². The molecule has 0 spiro atoms. The molecule has 0 amide bonds. The predicted octanol–water partition coefficient (Wildman–Crippen LogP) is 1.53. The van der Waals surface area contributed by atoms with Crippen molar-refractivity contribution < 1.29 is 0 Å².